The van der Waals surface area contributed by atoms with E-state index in [-0.39, 0.29) is 5.84 Å². The van der Waals surface area contributed by atoms with Gasteiger partial charge in [-0.05, 0) is 43.2 Å². The van der Waals surface area contributed by atoms with Crippen molar-refractivity contribution >= 4 is 11.7 Å². The Morgan fingerprint density at radius 3 is 2.65 bits per heavy atom. The molecule has 1 aliphatic rings. The van der Waals surface area contributed by atoms with Gasteiger partial charge in [0.05, 0.1) is 0 Å². The summed E-state index contributed by atoms with van der Waals surface area (Å²) >= 11 is 0. The average molecular weight is 276 g/mol. The molecule has 0 aromatic carbocycles. The summed E-state index contributed by atoms with van der Waals surface area (Å²) in [5, 5.41) is 11.7. The standard InChI is InChI=1S/C15H24N4O/c1-15(2)9-7-11(8-10-15)19(3)13-6-4-5-12(17-13)14(16)18-20/h4-6,11,20H,7-10H2,1-3H3,(H2,16,18). The van der Waals surface area contributed by atoms with E-state index in [0.29, 0.717) is 17.2 Å². The van der Waals surface area contributed by atoms with E-state index in [2.05, 4.69) is 35.9 Å². The van der Waals surface area contributed by atoms with Crippen molar-refractivity contribution in [2.24, 2.45) is 16.3 Å². The lowest BCUT2D eigenvalue weighted by Gasteiger charge is -2.39. The van der Waals surface area contributed by atoms with E-state index >= 15 is 0 Å². The molecule has 3 N–H and O–H groups in total. The van der Waals surface area contributed by atoms with Crippen molar-refractivity contribution < 1.29 is 5.21 Å². The van der Waals surface area contributed by atoms with Gasteiger partial charge in [-0.2, -0.15) is 0 Å². The molecule has 0 saturated heterocycles. The Kier molecular flexibility index (Phi) is 4.16. The van der Waals surface area contributed by atoms with Gasteiger partial charge in [-0.1, -0.05) is 25.1 Å². The van der Waals surface area contributed by atoms with Crippen LogP contribution in [0, 0.1) is 5.41 Å². The maximum atomic E-state index is 8.73. The molecule has 0 atom stereocenters. The largest absolute Gasteiger partial charge is 0.409 e. The van der Waals surface area contributed by atoms with E-state index in [9.17, 15) is 0 Å². The molecule has 0 unspecified atom stereocenters. The van der Waals surface area contributed by atoms with Crippen LogP contribution in [-0.4, -0.2) is 29.1 Å². The number of nitrogens with zero attached hydrogens (tertiary/aromatic N) is 3. The van der Waals surface area contributed by atoms with Crippen LogP contribution in [0.4, 0.5) is 5.82 Å². The summed E-state index contributed by atoms with van der Waals surface area (Å²) in [6.07, 6.45) is 4.84. The normalized spacial score (nSPS) is 19.9. The fourth-order valence-electron chi connectivity index (χ4n) is 2.77. The number of hydrogen-bond acceptors (Lipinski definition) is 4. The molecule has 5 nitrogen and oxygen atoms in total. The van der Waals surface area contributed by atoms with Crippen LogP contribution in [0.5, 0.6) is 0 Å². The lowest BCUT2D eigenvalue weighted by Crippen LogP contribution is -2.37. The molecule has 110 valence electrons. The van der Waals surface area contributed by atoms with Crippen molar-refractivity contribution in [1.82, 2.24) is 4.98 Å². The number of oxime groups is 1. The zero-order valence-corrected chi connectivity index (χ0v) is 12.5. The average Bonchev–Trinajstić information content (AvgIpc) is 2.46. The molecule has 0 radical (unpaired) electrons. The van der Waals surface area contributed by atoms with Crippen LogP contribution in [-0.2, 0) is 0 Å². The zero-order chi connectivity index (χ0) is 14.8. The summed E-state index contributed by atoms with van der Waals surface area (Å²) in [5.74, 6) is 0.920. The van der Waals surface area contributed by atoms with Crippen LogP contribution in [0.3, 0.4) is 0 Å². The number of anilines is 1. The lowest BCUT2D eigenvalue weighted by molar-refractivity contribution is 0.222. The number of nitrogens with two attached hydrogens (primary N) is 1. The maximum absolute atomic E-state index is 8.73. The number of rotatable bonds is 3. The minimum absolute atomic E-state index is 0.0463. The number of aromatic nitrogens is 1. The van der Waals surface area contributed by atoms with Crippen molar-refractivity contribution in [3.8, 4) is 0 Å². The molecule has 0 bridgehead atoms. The van der Waals surface area contributed by atoms with Crippen molar-refractivity contribution in [3.05, 3.63) is 23.9 Å². The minimum Gasteiger partial charge on any atom is -0.409 e. The minimum atomic E-state index is 0.0463. The molecule has 1 saturated carbocycles. The topological polar surface area (TPSA) is 74.7 Å². The van der Waals surface area contributed by atoms with Crippen LogP contribution >= 0.6 is 0 Å². The third-order valence-electron chi connectivity index (χ3n) is 4.32. The van der Waals surface area contributed by atoms with Crippen LogP contribution in [0.25, 0.3) is 0 Å². The summed E-state index contributed by atoms with van der Waals surface area (Å²) in [5.41, 5.74) is 6.56. The summed E-state index contributed by atoms with van der Waals surface area (Å²) in [6.45, 7) is 4.67. The Balaban J connectivity index is 2.12. The molecule has 0 spiro atoms. The molecule has 1 aromatic rings. The summed E-state index contributed by atoms with van der Waals surface area (Å²) in [6, 6.07) is 6.11. The predicted octanol–water partition coefficient (Wildman–Crippen LogP) is 2.58. The van der Waals surface area contributed by atoms with Gasteiger partial charge in [0.2, 0.25) is 0 Å². The van der Waals surface area contributed by atoms with E-state index < -0.39 is 0 Å². The molecule has 2 rings (SSSR count). The van der Waals surface area contributed by atoms with Gasteiger partial charge in [-0.25, -0.2) is 4.98 Å². The second-order valence-electron chi connectivity index (χ2n) is 6.37. The molecule has 1 fully saturated rings. The Morgan fingerprint density at radius 1 is 1.40 bits per heavy atom. The molecule has 1 heterocycles. The van der Waals surface area contributed by atoms with E-state index in [0.717, 1.165) is 5.82 Å². The summed E-state index contributed by atoms with van der Waals surface area (Å²) < 4.78 is 0. The van der Waals surface area contributed by atoms with Gasteiger partial charge >= 0.3 is 0 Å². The first kappa shape index (κ1) is 14.6. The second kappa shape index (κ2) is 5.69. The molecular formula is C15H24N4O. The highest BCUT2D eigenvalue weighted by molar-refractivity contribution is 5.95. The lowest BCUT2D eigenvalue weighted by atomic mass is 9.75. The highest BCUT2D eigenvalue weighted by atomic mass is 16.4. The Morgan fingerprint density at radius 2 is 2.05 bits per heavy atom. The molecular weight excluding hydrogens is 252 g/mol. The van der Waals surface area contributed by atoms with Gasteiger partial charge in [0.15, 0.2) is 5.84 Å². The summed E-state index contributed by atoms with van der Waals surface area (Å²) in [4.78, 5) is 6.68. The third kappa shape index (κ3) is 3.21. The van der Waals surface area contributed by atoms with Crippen molar-refractivity contribution in [2.75, 3.05) is 11.9 Å². The Hall–Kier alpha value is -1.78. The third-order valence-corrected chi connectivity index (χ3v) is 4.32. The van der Waals surface area contributed by atoms with Gasteiger partial charge < -0.3 is 15.8 Å². The fourth-order valence-corrected chi connectivity index (χ4v) is 2.77. The molecule has 20 heavy (non-hydrogen) atoms. The second-order valence-corrected chi connectivity index (χ2v) is 6.37. The van der Waals surface area contributed by atoms with Crippen LogP contribution < -0.4 is 10.6 Å². The Bertz CT molecular complexity index is 488. The van der Waals surface area contributed by atoms with Crippen molar-refractivity contribution in [3.63, 3.8) is 0 Å². The Labute approximate surface area is 120 Å². The maximum Gasteiger partial charge on any atom is 0.188 e. The molecule has 0 aliphatic heterocycles. The van der Waals surface area contributed by atoms with Crippen LogP contribution in [0.2, 0.25) is 0 Å². The van der Waals surface area contributed by atoms with Crippen LogP contribution in [0.1, 0.15) is 45.2 Å². The van der Waals surface area contributed by atoms with Crippen molar-refractivity contribution in [1.29, 1.82) is 0 Å². The van der Waals surface area contributed by atoms with E-state index in [1.165, 1.54) is 25.7 Å². The monoisotopic (exact) mass is 276 g/mol. The van der Waals surface area contributed by atoms with Gasteiger partial charge in [0, 0.05) is 13.1 Å². The van der Waals surface area contributed by atoms with Crippen molar-refractivity contribution in [2.45, 2.75) is 45.6 Å². The SMILES string of the molecule is CN(c1cccc(/C(N)=N/O)n1)C1CCC(C)(C)CC1. The molecule has 5 heteroatoms. The molecule has 1 aliphatic carbocycles. The number of pyridine rings is 1. The zero-order valence-electron chi connectivity index (χ0n) is 12.5. The van der Waals surface area contributed by atoms with Gasteiger partial charge in [-0.15, -0.1) is 0 Å². The highest BCUT2D eigenvalue weighted by Gasteiger charge is 2.29. The number of amidine groups is 1. The van der Waals surface area contributed by atoms with E-state index in [4.69, 9.17) is 10.9 Å². The first-order valence-corrected chi connectivity index (χ1v) is 7.11. The molecule has 1 aromatic heterocycles. The highest BCUT2D eigenvalue weighted by Crippen LogP contribution is 2.37. The van der Waals surface area contributed by atoms with E-state index in [1.807, 2.05) is 12.1 Å². The fraction of sp³-hybridized carbons (Fsp3) is 0.600. The van der Waals surface area contributed by atoms with Crippen LogP contribution in [0.15, 0.2) is 23.4 Å². The first-order valence-electron chi connectivity index (χ1n) is 7.11. The van der Waals surface area contributed by atoms with Gasteiger partial charge in [-0.3, -0.25) is 0 Å². The van der Waals surface area contributed by atoms with Gasteiger partial charge in [0.25, 0.3) is 0 Å². The number of hydrogen-bond donors (Lipinski definition) is 2. The molecule has 0 amide bonds. The predicted molar refractivity (Wildman–Crippen MR) is 81.2 cm³/mol. The quantitative estimate of drug-likeness (QED) is 0.385. The smallest absolute Gasteiger partial charge is 0.188 e. The first-order chi connectivity index (χ1) is 9.43. The summed E-state index contributed by atoms with van der Waals surface area (Å²) in [7, 11) is 2.07. The van der Waals surface area contributed by atoms with Gasteiger partial charge in [0.1, 0.15) is 11.5 Å². The van der Waals surface area contributed by atoms with E-state index in [1.54, 1.807) is 6.07 Å².